The van der Waals surface area contributed by atoms with Gasteiger partial charge in [0.15, 0.2) is 0 Å². The Labute approximate surface area is 112 Å². The Kier molecular flexibility index (Phi) is 2.52. The topological polar surface area (TPSA) is 52.7 Å². The third-order valence-corrected chi connectivity index (χ3v) is 4.19. The van der Waals surface area contributed by atoms with E-state index in [0.717, 1.165) is 18.5 Å². The Bertz CT molecular complexity index is 557. The number of nitrogens with zero attached hydrogens (tertiary/aromatic N) is 2. The number of hydrogen-bond acceptors (Lipinski definition) is 3. The maximum Gasteiger partial charge on any atom is 0.276 e. The van der Waals surface area contributed by atoms with Crippen LogP contribution in [-0.2, 0) is 4.79 Å². The van der Waals surface area contributed by atoms with Gasteiger partial charge in [-0.05, 0) is 31.9 Å². The van der Waals surface area contributed by atoms with E-state index in [-0.39, 0.29) is 11.8 Å². The second-order valence-corrected chi connectivity index (χ2v) is 5.32. The number of amides is 2. The average molecular weight is 259 g/mol. The number of carbonyl (C=O) groups excluding carboxylic acids is 2. The molecule has 0 bridgehead atoms. The number of rotatable bonds is 0. The normalized spacial score (nSPS) is 26.4. The summed E-state index contributed by atoms with van der Waals surface area (Å²) in [5.74, 6) is -0.226. The predicted octanol–water partition coefficient (Wildman–Crippen LogP) is 1.51. The van der Waals surface area contributed by atoms with Crippen molar-refractivity contribution < 1.29 is 9.59 Å². The highest BCUT2D eigenvalue weighted by molar-refractivity contribution is 6.03. The number of hydrogen-bond donors (Lipinski definition) is 1. The van der Waals surface area contributed by atoms with Gasteiger partial charge in [-0.25, -0.2) is 5.01 Å². The summed E-state index contributed by atoms with van der Waals surface area (Å²) in [5.41, 5.74) is 3.79. The molecule has 1 N–H and O–H groups in total. The molecule has 19 heavy (non-hydrogen) atoms. The molecule has 3 rings (SSSR count). The van der Waals surface area contributed by atoms with E-state index in [0.29, 0.717) is 12.0 Å². The van der Waals surface area contributed by atoms with Gasteiger partial charge in [0, 0.05) is 13.5 Å². The minimum absolute atomic E-state index is 0.0927. The maximum atomic E-state index is 12.6. The number of anilines is 1. The maximum absolute atomic E-state index is 12.6. The number of nitrogens with one attached hydrogen (secondary N) is 1. The molecule has 5 heteroatoms. The first-order valence-electron chi connectivity index (χ1n) is 6.51. The molecule has 0 aromatic heterocycles. The van der Waals surface area contributed by atoms with Crippen molar-refractivity contribution in [3.8, 4) is 0 Å². The monoisotopic (exact) mass is 259 g/mol. The van der Waals surface area contributed by atoms with Crippen molar-refractivity contribution >= 4 is 17.5 Å². The lowest BCUT2D eigenvalue weighted by Gasteiger charge is -2.50. The van der Waals surface area contributed by atoms with Crippen LogP contribution in [0.4, 0.5) is 5.69 Å². The first kappa shape index (κ1) is 12.0. The summed E-state index contributed by atoms with van der Waals surface area (Å²) in [6.45, 7) is 1.99. The van der Waals surface area contributed by atoms with Crippen molar-refractivity contribution in [1.82, 2.24) is 10.4 Å². The quantitative estimate of drug-likeness (QED) is 0.768. The summed E-state index contributed by atoms with van der Waals surface area (Å²) in [7, 11) is 1.97. The summed E-state index contributed by atoms with van der Waals surface area (Å²) in [6.07, 6.45) is 2.00. The standard InChI is InChI=1S/C14H17N3O2/c1-14-9-5-8-12(18)15-17(14)13(19)10-6-3-4-7-11(10)16(14)2/h3-4,6-7H,5,8-9H2,1-2H3,(H,15,18). The zero-order valence-electron chi connectivity index (χ0n) is 11.1. The van der Waals surface area contributed by atoms with Crippen LogP contribution in [0.15, 0.2) is 24.3 Å². The summed E-state index contributed by atoms with van der Waals surface area (Å²) in [4.78, 5) is 26.4. The molecule has 100 valence electrons. The van der Waals surface area contributed by atoms with Crippen LogP contribution in [0.3, 0.4) is 0 Å². The molecular weight excluding hydrogens is 242 g/mol. The molecule has 5 nitrogen and oxygen atoms in total. The van der Waals surface area contributed by atoms with Crippen molar-refractivity contribution in [1.29, 1.82) is 0 Å². The van der Waals surface area contributed by atoms with Crippen LogP contribution >= 0.6 is 0 Å². The highest BCUT2D eigenvalue weighted by Crippen LogP contribution is 2.38. The van der Waals surface area contributed by atoms with Crippen molar-refractivity contribution in [2.45, 2.75) is 31.8 Å². The molecule has 1 aromatic rings. The number of hydrazine groups is 1. The lowest BCUT2D eigenvalue weighted by Crippen LogP contribution is -2.67. The second kappa shape index (κ2) is 3.98. The molecule has 0 aliphatic carbocycles. The van der Waals surface area contributed by atoms with Gasteiger partial charge in [-0.15, -0.1) is 0 Å². The van der Waals surface area contributed by atoms with Crippen molar-refractivity contribution in [2.24, 2.45) is 0 Å². The Hall–Kier alpha value is -2.04. The molecule has 1 aromatic carbocycles. The largest absolute Gasteiger partial charge is 0.350 e. The summed E-state index contributed by atoms with van der Waals surface area (Å²) in [5, 5.41) is 1.49. The van der Waals surface area contributed by atoms with E-state index in [9.17, 15) is 9.59 Å². The van der Waals surface area contributed by atoms with Crippen LogP contribution in [0.25, 0.3) is 0 Å². The fourth-order valence-electron chi connectivity index (χ4n) is 2.91. The molecule has 2 aliphatic heterocycles. The summed E-state index contributed by atoms with van der Waals surface area (Å²) in [6, 6.07) is 7.51. The first-order chi connectivity index (χ1) is 9.04. The first-order valence-corrected chi connectivity index (χ1v) is 6.51. The molecular formula is C14H17N3O2. The van der Waals surface area contributed by atoms with Gasteiger partial charge in [-0.3, -0.25) is 15.0 Å². The molecule has 2 amide bonds. The highest BCUT2D eigenvalue weighted by atomic mass is 16.2. The number of para-hydroxylation sites is 1. The Morgan fingerprint density at radius 1 is 1.26 bits per heavy atom. The third-order valence-electron chi connectivity index (χ3n) is 4.19. The van der Waals surface area contributed by atoms with E-state index in [1.165, 1.54) is 5.01 Å². The van der Waals surface area contributed by atoms with E-state index in [2.05, 4.69) is 10.3 Å². The molecule has 0 saturated carbocycles. The van der Waals surface area contributed by atoms with Crippen LogP contribution in [-0.4, -0.2) is 29.5 Å². The van der Waals surface area contributed by atoms with E-state index in [1.807, 2.05) is 32.2 Å². The number of benzene rings is 1. The van der Waals surface area contributed by atoms with Crippen LogP contribution in [0.1, 0.15) is 36.5 Å². The van der Waals surface area contributed by atoms with E-state index < -0.39 is 5.66 Å². The Morgan fingerprint density at radius 3 is 2.79 bits per heavy atom. The van der Waals surface area contributed by atoms with E-state index >= 15 is 0 Å². The van der Waals surface area contributed by atoms with E-state index in [4.69, 9.17) is 0 Å². The summed E-state index contributed by atoms with van der Waals surface area (Å²) < 4.78 is 0. The molecule has 1 unspecified atom stereocenters. The molecule has 1 saturated heterocycles. The lowest BCUT2D eigenvalue weighted by molar-refractivity contribution is -0.125. The molecule has 0 spiro atoms. The summed E-state index contributed by atoms with van der Waals surface area (Å²) >= 11 is 0. The Morgan fingerprint density at radius 2 is 2.00 bits per heavy atom. The SMILES string of the molecule is CN1c2ccccc2C(=O)N2NC(=O)CCCC21C. The van der Waals surface area contributed by atoms with Gasteiger partial charge in [0.2, 0.25) is 5.91 Å². The van der Waals surface area contributed by atoms with Crippen LogP contribution in [0, 0.1) is 0 Å². The van der Waals surface area contributed by atoms with Crippen molar-refractivity contribution in [2.75, 3.05) is 11.9 Å². The van der Waals surface area contributed by atoms with Crippen LogP contribution in [0.2, 0.25) is 0 Å². The highest BCUT2D eigenvalue weighted by Gasteiger charge is 2.46. The predicted molar refractivity (Wildman–Crippen MR) is 71.4 cm³/mol. The second-order valence-electron chi connectivity index (χ2n) is 5.32. The number of carbonyl (C=O) groups is 2. The molecule has 1 atom stereocenters. The van der Waals surface area contributed by atoms with Gasteiger partial charge in [-0.2, -0.15) is 0 Å². The van der Waals surface area contributed by atoms with Crippen LogP contribution < -0.4 is 10.3 Å². The smallest absolute Gasteiger partial charge is 0.276 e. The zero-order valence-corrected chi connectivity index (χ0v) is 11.1. The molecule has 2 heterocycles. The minimum Gasteiger partial charge on any atom is -0.350 e. The van der Waals surface area contributed by atoms with Crippen LogP contribution in [0.5, 0.6) is 0 Å². The van der Waals surface area contributed by atoms with Gasteiger partial charge in [0.05, 0.1) is 11.3 Å². The Balaban J connectivity index is 2.15. The molecule has 0 radical (unpaired) electrons. The van der Waals surface area contributed by atoms with E-state index in [1.54, 1.807) is 6.07 Å². The van der Waals surface area contributed by atoms with Gasteiger partial charge >= 0.3 is 0 Å². The van der Waals surface area contributed by atoms with Gasteiger partial charge in [0.1, 0.15) is 5.66 Å². The number of fused-ring (bicyclic) bond motifs is 2. The fourth-order valence-corrected chi connectivity index (χ4v) is 2.91. The fraction of sp³-hybridized carbons (Fsp3) is 0.429. The van der Waals surface area contributed by atoms with Crippen molar-refractivity contribution in [3.05, 3.63) is 29.8 Å². The van der Waals surface area contributed by atoms with Gasteiger partial charge < -0.3 is 4.90 Å². The van der Waals surface area contributed by atoms with Gasteiger partial charge in [0.25, 0.3) is 5.91 Å². The zero-order chi connectivity index (χ0) is 13.6. The van der Waals surface area contributed by atoms with Crippen molar-refractivity contribution in [3.63, 3.8) is 0 Å². The third kappa shape index (κ3) is 1.61. The average Bonchev–Trinajstić information content (AvgIpc) is 2.56. The molecule has 2 aliphatic rings. The lowest BCUT2D eigenvalue weighted by atomic mass is 9.96. The van der Waals surface area contributed by atoms with Gasteiger partial charge in [-0.1, -0.05) is 12.1 Å². The molecule has 1 fully saturated rings. The minimum atomic E-state index is -0.502.